The van der Waals surface area contributed by atoms with Gasteiger partial charge in [-0.3, -0.25) is 14.5 Å². The number of nitrogens with zero attached hydrogens (tertiary/aromatic N) is 2. The van der Waals surface area contributed by atoms with Crippen molar-refractivity contribution in [3.8, 4) is 0 Å². The lowest BCUT2D eigenvalue weighted by Gasteiger charge is -2.37. The lowest BCUT2D eigenvalue weighted by molar-refractivity contribution is 0.0979. The Morgan fingerprint density at radius 2 is 1.32 bits per heavy atom. The normalized spacial score (nSPS) is 16.5. The van der Waals surface area contributed by atoms with Crippen LogP contribution in [0.4, 0.5) is 5.69 Å². The molecule has 0 spiro atoms. The van der Waals surface area contributed by atoms with Crippen molar-refractivity contribution < 1.29 is 9.59 Å². The summed E-state index contributed by atoms with van der Waals surface area (Å²) in [5.74, 6) is -0.106. The van der Waals surface area contributed by atoms with Crippen LogP contribution in [0.25, 0.3) is 6.08 Å². The molecule has 4 heteroatoms. The second-order valence-corrected chi connectivity index (χ2v) is 8.00. The Hall–Kier alpha value is -3.50. The zero-order chi connectivity index (χ0) is 21.2. The van der Waals surface area contributed by atoms with Gasteiger partial charge in [-0.15, -0.1) is 0 Å². The quantitative estimate of drug-likeness (QED) is 0.505. The van der Waals surface area contributed by atoms with Gasteiger partial charge in [0.1, 0.15) is 0 Å². The van der Waals surface area contributed by atoms with Crippen LogP contribution in [0, 0.1) is 0 Å². The molecule has 0 unspecified atom stereocenters. The summed E-state index contributed by atoms with van der Waals surface area (Å²) >= 11 is 0. The van der Waals surface area contributed by atoms with Gasteiger partial charge in [-0.05, 0) is 11.6 Å². The van der Waals surface area contributed by atoms with Gasteiger partial charge in [-0.2, -0.15) is 0 Å². The third-order valence-electron chi connectivity index (χ3n) is 6.12. The summed E-state index contributed by atoms with van der Waals surface area (Å²) < 4.78 is 0. The molecule has 31 heavy (non-hydrogen) atoms. The highest BCUT2D eigenvalue weighted by atomic mass is 16.1. The molecule has 154 valence electrons. The minimum absolute atomic E-state index is 0.0472. The molecule has 4 nitrogen and oxygen atoms in total. The van der Waals surface area contributed by atoms with Crippen molar-refractivity contribution in [2.24, 2.45) is 0 Å². The van der Waals surface area contributed by atoms with E-state index < -0.39 is 0 Å². The third kappa shape index (κ3) is 3.71. The van der Waals surface area contributed by atoms with E-state index in [4.69, 9.17) is 0 Å². The summed E-state index contributed by atoms with van der Waals surface area (Å²) in [6.45, 7) is 4.40. The van der Waals surface area contributed by atoms with E-state index in [0.29, 0.717) is 22.3 Å². The number of carbonyl (C=O) groups is 2. The van der Waals surface area contributed by atoms with Crippen molar-refractivity contribution in [3.05, 3.63) is 107 Å². The van der Waals surface area contributed by atoms with E-state index in [1.807, 2.05) is 42.5 Å². The monoisotopic (exact) mass is 408 g/mol. The predicted octanol–water partition coefficient (Wildman–Crippen LogP) is 4.30. The predicted molar refractivity (Wildman–Crippen MR) is 124 cm³/mol. The van der Waals surface area contributed by atoms with Crippen LogP contribution in [-0.4, -0.2) is 49.2 Å². The van der Waals surface area contributed by atoms with Gasteiger partial charge in [0.05, 0.1) is 5.56 Å². The first kappa shape index (κ1) is 19.5. The first-order valence-corrected chi connectivity index (χ1v) is 10.7. The van der Waals surface area contributed by atoms with Crippen molar-refractivity contribution in [2.75, 3.05) is 37.6 Å². The van der Waals surface area contributed by atoms with Gasteiger partial charge >= 0.3 is 0 Å². The van der Waals surface area contributed by atoms with E-state index in [9.17, 15) is 9.59 Å². The van der Waals surface area contributed by atoms with Crippen LogP contribution in [0.5, 0.6) is 0 Å². The Morgan fingerprint density at radius 3 is 2.06 bits per heavy atom. The van der Waals surface area contributed by atoms with Crippen molar-refractivity contribution >= 4 is 23.3 Å². The van der Waals surface area contributed by atoms with Crippen molar-refractivity contribution in [1.29, 1.82) is 0 Å². The molecule has 0 atom stereocenters. The van der Waals surface area contributed by atoms with Crippen LogP contribution < -0.4 is 4.90 Å². The largest absolute Gasteiger partial charge is 0.368 e. The topological polar surface area (TPSA) is 40.6 Å². The Balaban J connectivity index is 1.31. The van der Waals surface area contributed by atoms with Crippen LogP contribution in [-0.2, 0) is 0 Å². The summed E-state index contributed by atoms with van der Waals surface area (Å²) in [7, 11) is 0. The van der Waals surface area contributed by atoms with E-state index in [2.05, 4.69) is 34.1 Å². The number of carbonyl (C=O) groups excluding carboxylic acids is 2. The Bertz CT molecular complexity index is 1160. The van der Waals surface area contributed by atoms with Gasteiger partial charge in [0.25, 0.3) is 0 Å². The Kier molecular flexibility index (Phi) is 5.23. The number of rotatable bonds is 4. The number of hydrogen-bond donors (Lipinski definition) is 0. The maximum absolute atomic E-state index is 13.3. The third-order valence-corrected chi connectivity index (χ3v) is 6.12. The molecule has 3 aromatic rings. The van der Waals surface area contributed by atoms with Gasteiger partial charge in [0.2, 0.25) is 0 Å². The van der Waals surface area contributed by atoms with Gasteiger partial charge < -0.3 is 4.90 Å². The second kappa shape index (κ2) is 8.32. The first-order chi connectivity index (χ1) is 15.2. The smallest absolute Gasteiger partial charge is 0.196 e. The summed E-state index contributed by atoms with van der Waals surface area (Å²) in [4.78, 5) is 30.9. The SMILES string of the molecule is O=C1c2ccccc2C(=O)c2c1cccc2N1CCN(C/C=C/c2ccccc2)CC1. The van der Waals surface area contributed by atoms with Crippen molar-refractivity contribution in [2.45, 2.75) is 0 Å². The molecule has 0 amide bonds. The van der Waals surface area contributed by atoms with Crippen molar-refractivity contribution in [1.82, 2.24) is 4.90 Å². The summed E-state index contributed by atoms with van der Waals surface area (Å²) in [5.41, 5.74) is 4.19. The average Bonchev–Trinajstić information content (AvgIpc) is 2.83. The van der Waals surface area contributed by atoms with Crippen LogP contribution in [0.1, 0.15) is 37.4 Å². The molecular weight excluding hydrogens is 384 g/mol. The lowest BCUT2D eigenvalue weighted by Crippen LogP contribution is -2.47. The highest BCUT2D eigenvalue weighted by Crippen LogP contribution is 2.34. The average molecular weight is 409 g/mol. The van der Waals surface area contributed by atoms with Gasteiger partial charge in [0.15, 0.2) is 11.6 Å². The molecule has 0 aromatic heterocycles. The Labute approximate surface area is 182 Å². The molecule has 0 radical (unpaired) electrons. The number of ketones is 2. The molecule has 1 fully saturated rings. The minimum atomic E-state index is -0.0586. The fourth-order valence-electron chi connectivity index (χ4n) is 4.46. The fourth-order valence-corrected chi connectivity index (χ4v) is 4.46. The van der Waals surface area contributed by atoms with Crippen LogP contribution in [0.3, 0.4) is 0 Å². The number of anilines is 1. The highest BCUT2D eigenvalue weighted by Gasteiger charge is 2.33. The second-order valence-electron chi connectivity index (χ2n) is 8.00. The molecule has 2 aliphatic rings. The highest BCUT2D eigenvalue weighted by molar-refractivity contribution is 6.30. The van der Waals surface area contributed by atoms with Crippen LogP contribution in [0.2, 0.25) is 0 Å². The number of fused-ring (bicyclic) bond motifs is 2. The summed E-state index contributed by atoms with van der Waals surface area (Å²) in [6, 6.07) is 23.1. The van der Waals surface area contributed by atoms with Crippen molar-refractivity contribution in [3.63, 3.8) is 0 Å². The van der Waals surface area contributed by atoms with E-state index in [1.54, 1.807) is 18.2 Å². The standard InChI is InChI=1S/C27H24N2O2/c30-26-21-11-4-5-12-22(21)27(31)25-23(26)13-6-14-24(25)29-18-16-28(17-19-29)15-7-10-20-8-2-1-3-9-20/h1-14H,15-19H2/b10-7+. The molecule has 5 rings (SSSR count). The number of hydrogen-bond acceptors (Lipinski definition) is 4. The maximum Gasteiger partial charge on any atom is 0.196 e. The maximum atomic E-state index is 13.3. The summed E-state index contributed by atoms with van der Waals surface area (Å²) in [6.07, 6.45) is 4.36. The van der Waals surface area contributed by atoms with E-state index in [1.165, 1.54) is 5.56 Å². The van der Waals surface area contributed by atoms with Crippen LogP contribution >= 0.6 is 0 Å². The molecule has 0 bridgehead atoms. The lowest BCUT2D eigenvalue weighted by atomic mass is 9.83. The van der Waals surface area contributed by atoms with Crippen LogP contribution in [0.15, 0.2) is 78.9 Å². The van der Waals surface area contributed by atoms with E-state index >= 15 is 0 Å². The molecule has 1 aliphatic carbocycles. The fraction of sp³-hybridized carbons (Fsp3) is 0.185. The number of piperazine rings is 1. The Morgan fingerprint density at radius 1 is 0.677 bits per heavy atom. The molecule has 1 heterocycles. The number of benzene rings is 3. The van der Waals surface area contributed by atoms with Gasteiger partial charge in [-0.1, -0.05) is 78.9 Å². The molecule has 0 N–H and O–H groups in total. The molecule has 3 aromatic carbocycles. The minimum Gasteiger partial charge on any atom is -0.368 e. The zero-order valence-corrected chi connectivity index (χ0v) is 17.3. The van der Waals surface area contributed by atoms with Gasteiger partial charge in [0, 0.05) is 55.1 Å². The zero-order valence-electron chi connectivity index (χ0n) is 17.3. The molecule has 1 saturated heterocycles. The molecule has 0 saturated carbocycles. The van der Waals surface area contributed by atoms with E-state index in [-0.39, 0.29) is 11.6 Å². The molecular formula is C27H24N2O2. The van der Waals surface area contributed by atoms with E-state index in [0.717, 1.165) is 38.4 Å². The van der Waals surface area contributed by atoms with Gasteiger partial charge in [-0.25, -0.2) is 0 Å². The first-order valence-electron chi connectivity index (χ1n) is 10.7. The summed E-state index contributed by atoms with van der Waals surface area (Å²) in [5, 5.41) is 0. The molecule has 1 aliphatic heterocycles.